The van der Waals surface area contributed by atoms with E-state index < -0.39 is 0 Å². The Labute approximate surface area is 306 Å². The first-order chi connectivity index (χ1) is 26.3. The van der Waals surface area contributed by atoms with Crippen LogP contribution in [0.5, 0.6) is 0 Å². The van der Waals surface area contributed by atoms with Gasteiger partial charge in [0.15, 0.2) is 5.58 Å². The minimum absolute atomic E-state index is 0.821. The lowest BCUT2D eigenvalue weighted by molar-refractivity contribution is 0.663. The molecule has 0 saturated heterocycles. The van der Waals surface area contributed by atoms with Crippen LogP contribution in [-0.4, -0.2) is 0 Å². The molecule has 4 aromatic heterocycles. The number of hydrogen-bond acceptors (Lipinski definition) is 5. The molecule has 0 radical (unpaired) electrons. The minimum atomic E-state index is 0.821. The summed E-state index contributed by atoms with van der Waals surface area (Å²) in [5, 5.41) is 8.93. The smallest absolute Gasteiger partial charge is 0.159 e. The summed E-state index contributed by atoms with van der Waals surface area (Å²) >= 11 is 1.83. The van der Waals surface area contributed by atoms with Crippen molar-refractivity contribution < 1.29 is 13.3 Å². The lowest BCUT2D eigenvalue weighted by Crippen LogP contribution is -2.10. The highest BCUT2D eigenvalue weighted by Gasteiger charge is 2.24. The summed E-state index contributed by atoms with van der Waals surface area (Å²) in [4.78, 5) is 2.36. The van der Waals surface area contributed by atoms with Crippen LogP contribution in [0.3, 0.4) is 0 Å². The Bertz CT molecular complexity index is 3420. The first-order valence-corrected chi connectivity index (χ1v) is 18.6. The van der Waals surface area contributed by atoms with Crippen molar-refractivity contribution in [3.8, 4) is 11.1 Å². The second-order valence-corrected chi connectivity index (χ2v) is 14.6. The van der Waals surface area contributed by atoms with Crippen LogP contribution in [0.1, 0.15) is 0 Å². The standard InChI is InChI=1S/C48H27NO3S/c1-4-19-40-31(10-1)33-14-7-13-30(45(33)51-40)28-22-24-29(25-23-28)49(39-18-9-16-36-32-11-3-6-21-43(32)53-48(36)39)38-17-8-15-34-35-26-27-42-44(47(35)52-46(34)38)37-12-2-5-20-41(37)50-42/h1-27H. The summed E-state index contributed by atoms with van der Waals surface area (Å²) in [7, 11) is 0. The Kier molecular flexibility index (Phi) is 5.90. The molecule has 53 heavy (non-hydrogen) atoms. The zero-order chi connectivity index (χ0) is 34.6. The van der Waals surface area contributed by atoms with Gasteiger partial charge < -0.3 is 18.2 Å². The van der Waals surface area contributed by atoms with Gasteiger partial charge in [-0.3, -0.25) is 0 Å². The summed E-state index contributed by atoms with van der Waals surface area (Å²) < 4.78 is 22.2. The van der Waals surface area contributed by atoms with E-state index in [4.69, 9.17) is 13.3 Å². The molecule has 5 heteroatoms. The number of rotatable bonds is 4. The highest BCUT2D eigenvalue weighted by molar-refractivity contribution is 7.26. The van der Waals surface area contributed by atoms with Crippen LogP contribution in [0, 0.1) is 0 Å². The van der Waals surface area contributed by atoms with Gasteiger partial charge in [-0.2, -0.15) is 0 Å². The fourth-order valence-electron chi connectivity index (χ4n) is 8.31. The maximum absolute atomic E-state index is 7.02. The highest BCUT2D eigenvalue weighted by Crippen LogP contribution is 2.49. The topological polar surface area (TPSA) is 42.7 Å². The third-order valence-electron chi connectivity index (χ3n) is 10.7. The molecule has 0 unspecified atom stereocenters. The highest BCUT2D eigenvalue weighted by atomic mass is 32.1. The normalized spacial score (nSPS) is 12.2. The fraction of sp³-hybridized carbons (Fsp3) is 0. The van der Waals surface area contributed by atoms with Crippen LogP contribution in [0.25, 0.3) is 97.1 Å². The molecule has 12 rings (SSSR count). The predicted molar refractivity (Wildman–Crippen MR) is 221 cm³/mol. The molecule has 0 aliphatic heterocycles. The largest absolute Gasteiger partial charge is 0.456 e. The van der Waals surface area contributed by atoms with Crippen molar-refractivity contribution >= 4 is 114 Å². The fourth-order valence-corrected chi connectivity index (χ4v) is 9.51. The van der Waals surface area contributed by atoms with Gasteiger partial charge in [0.2, 0.25) is 0 Å². The van der Waals surface area contributed by atoms with Gasteiger partial charge in [-0.1, -0.05) is 109 Å². The molecule has 0 amide bonds. The van der Waals surface area contributed by atoms with Crippen LogP contribution in [0.2, 0.25) is 0 Å². The molecular formula is C48H27NO3S. The number of benzene rings is 8. The summed E-state index contributed by atoms with van der Waals surface area (Å²) in [5.74, 6) is 0. The second-order valence-electron chi connectivity index (χ2n) is 13.6. The van der Waals surface area contributed by atoms with Gasteiger partial charge in [-0.05, 0) is 60.2 Å². The van der Waals surface area contributed by atoms with E-state index in [0.717, 1.165) is 94.0 Å². The van der Waals surface area contributed by atoms with Crippen molar-refractivity contribution in [1.29, 1.82) is 0 Å². The molecule has 0 bridgehead atoms. The van der Waals surface area contributed by atoms with Crippen molar-refractivity contribution in [2.75, 3.05) is 4.90 Å². The Morgan fingerprint density at radius 1 is 0.377 bits per heavy atom. The number of furan rings is 3. The molecule has 12 aromatic rings. The Morgan fingerprint density at radius 2 is 1.02 bits per heavy atom. The predicted octanol–water partition coefficient (Wildman–Crippen LogP) is 14.9. The summed E-state index contributed by atoms with van der Waals surface area (Å²) in [6.07, 6.45) is 0. The number of para-hydroxylation sites is 4. The molecule has 0 fully saturated rings. The van der Waals surface area contributed by atoms with Crippen LogP contribution >= 0.6 is 11.3 Å². The second kappa shape index (κ2) is 10.8. The van der Waals surface area contributed by atoms with Crippen LogP contribution in [0.4, 0.5) is 17.1 Å². The van der Waals surface area contributed by atoms with Crippen molar-refractivity contribution in [2.24, 2.45) is 0 Å². The SMILES string of the molecule is c1ccc2c(c1)oc1c(-c3ccc(N(c4cccc5c4oc4c5ccc5oc6ccccc6c54)c4cccc5c4sc4ccccc45)cc3)cccc12. The summed E-state index contributed by atoms with van der Waals surface area (Å²) in [6.45, 7) is 0. The van der Waals surface area contributed by atoms with E-state index in [1.165, 1.54) is 20.2 Å². The molecule has 4 heterocycles. The number of fused-ring (bicyclic) bond motifs is 13. The molecule has 0 aliphatic carbocycles. The van der Waals surface area contributed by atoms with Crippen molar-refractivity contribution in [3.05, 3.63) is 164 Å². The summed E-state index contributed by atoms with van der Waals surface area (Å²) in [6, 6.07) is 57.6. The van der Waals surface area contributed by atoms with E-state index in [1.54, 1.807) is 0 Å². The number of anilines is 3. The van der Waals surface area contributed by atoms with Gasteiger partial charge in [0.1, 0.15) is 27.9 Å². The maximum Gasteiger partial charge on any atom is 0.159 e. The summed E-state index contributed by atoms with van der Waals surface area (Å²) in [5.41, 5.74) is 10.4. The third-order valence-corrected chi connectivity index (χ3v) is 11.9. The van der Waals surface area contributed by atoms with E-state index in [1.807, 2.05) is 35.6 Å². The zero-order valence-corrected chi connectivity index (χ0v) is 29.0. The Balaban J connectivity index is 1.11. The minimum Gasteiger partial charge on any atom is -0.456 e. The van der Waals surface area contributed by atoms with E-state index in [-0.39, 0.29) is 0 Å². The van der Waals surface area contributed by atoms with Gasteiger partial charge >= 0.3 is 0 Å². The molecule has 0 saturated carbocycles. The average molecular weight is 698 g/mol. The van der Waals surface area contributed by atoms with Crippen molar-refractivity contribution in [1.82, 2.24) is 0 Å². The average Bonchev–Trinajstić information content (AvgIpc) is 3.98. The van der Waals surface area contributed by atoms with Crippen LogP contribution < -0.4 is 4.90 Å². The van der Waals surface area contributed by atoms with Crippen molar-refractivity contribution in [2.45, 2.75) is 0 Å². The Hall–Kier alpha value is -6.82. The number of hydrogen-bond donors (Lipinski definition) is 0. The Morgan fingerprint density at radius 3 is 1.87 bits per heavy atom. The third kappa shape index (κ3) is 4.11. The lowest BCUT2D eigenvalue weighted by atomic mass is 10.0. The maximum atomic E-state index is 7.02. The molecule has 0 spiro atoms. The molecule has 0 N–H and O–H groups in total. The van der Waals surface area contributed by atoms with Crippen molar-refractivity contribution in [3.63, 3.8) is 0 Å². The molecule has 0 aliphatic rings. The number of nitrogens with zero attached hydrogens (tertiary/aromatic N) is 1. The first kappa shape index (κ1) is 28.8. The molecule has 4 nitrogen and oxygen atoms in total. The van der Waals surface area contributed by atoms with E-state index in [0.29, 0.717) is 0 Å². The lowest BCUT2D eigenvalue weighted by Gasteiger charge is -2.26. The monoisotopic (exact) mass is 697 g/mol. The van der Waals surface area contributed by atoms with Crippen LogP contribution in [0.15, 0.2) is 177 Å². The van der Waals surface area contributed by atoms with Gasteiger partial charge in [0.25, 0.3) is 0 Å². The molecule has 8 aromatic carbocycles. The molecule has 248 valence electrons. The van der Waals surface area contributed by atoms with E-state index >= 15 is 0 Å². The van der Waals surface area contributed by atoms with Gasteiger partial charge in [0.05, 0.1) is 21.5 Å². The number of thiophene rings is 1. The molecular weight excluding hydrogens is 671 g/mol. The first-order valence-electron chi connectivity index (χ1n) is 17.7. The van der Waals surface area contributed by atoms with E-state index in [2.05, 4.69) is 144 Å². The van der Waals surface area contributed by atoms with Gasteiger partial charge in [-0.25, -0.2) is 0 Å². The van der Waals surface area contributed by atoms with E-state index in [9.17, 15) is 0 Å². The van der Waals surface area contributed by atoms with Crippen LogP contribution in [-0.2, 0) is 0 Å². The van der Waals surface area contributed by atoms with Gasteiger partial charge in [-0.15, -0.1) is 11.3 Å². The molecule has 0 atom stereocenters. The quantitative estimate of drug-likeness (QED) is 0.184. The zero-order valence-electron chi connectivity index (χ0n) is 28.2. The van der Waals surface area contributed by atoms with Gasteiger partial charge in [0, 0.05) is 53.7 Å².